The van der Waals surface area contributed by atoms with Gasteiger partial charge in [-0.05, 0) is 36.8 Å². The Morgan fingerprint density at radius 1 is 0.957 bits per heavy atom. The first-order chi connectivity index (χ1) is 11.2. The second-order valence-electron chi connectivity index (χ2n) is 5.25. The molecule has 0 aliphatic rings. The summed E-state index contributed by atoms with van der Waals surface area (Å²) >= 11 is 0. The molecule has 118 valence electrons. The highest BCUT2D eigenvalue weighted by molar-refractivity contribution is 5.53. The van der Waals surface area contributed by atoms with Gasteiger partial charge in [-0.25, -0.2) is 0 Å². The first kappa shape index (κ1) is 15.1. The lowest BCUT2D eigenvalue weighted by Gasteiger charge is -2.08. The van der Waals surface area contributed by atoms with Crippen LogP contribution in [0.5, 0.6) is 11.5 Å². The maximum atomic E-state index is 5.35. The molecular weight excluding hydrogens is 292 g/mol. The van der Waals surface area contributed by atoms with Gasteiger partial charge in [0.15, 0.2) is 17.3 Å². The zero-order valence-corrected chi connectivity index (χ0v) is 13.4. The van der Waals surface area contributed by atoms with E-state index in [0.29, 0.717) is 29.6 Å². The Hall–Kier alpha value is -2.82. The minimum Gasteiger partial charge on any atom is -0.493 e. The van der Waals surface area contributed by atoms with Crippen LogP contribution in [0, 0.1) is 6.92 Å². The zero-order chi connectivity index (χ0) is 16.2. The fraction of sp³-hybridized carbons (Fsp3) is 0.222. The molecule has 0 unspecified atom stereocenters. The standard InChI is InChI=1S/C18H18N2O3/c1-12-4-7-14(8-5-12)18-19-17(20-23-18)11-13-6-9-15(21-2)16(10-13)22-3/h4-10H,11H2,1-3H3. The van der Waals surface area contributed by atoms with Crippen molar-refractivity contribution in [3.63, 3.8) is 0 Å². The first-order valence-corrected chi connectivity index (χ1v) is 7.30. The summed E-state index contributed by atoms with van der Waals surface area (Å²) in [5.74, 6) is 2.55. The van der Waals surface area contributed by atoms with Gasteiger partial charge in [-0.15, -0.1) is 0 Å². The second-order valence-corrected chi connectivity index (χ2v) is 5.25. The molecule has 0 aliphatic carbocycles. The van der Waals surface area contributed by atoms with E-state index in [2.05, 4.69) is 10.1 Å². The highest BCUT2D eigenvalue weighted by Gasteiger charge is 2.11. The van der Waals surface area contributed by atoms with Crippen molar-refractivity contribution in [1.29, 1.82) is 0 Å². The molecule has 3 aromatic rings. The molecule has 0 fully saturated rings. The summed E-state index contributed by atoms with van der Waals surface area (Å²) in [4.78, 5) is 4.45. The number of nitrogens with zero attached hydrogens (tertiary/aromatic N) is 2. The van der Waals surface area contributed by atoms with E-state index in [1.807, 2.05) is 49.4 Å². The van der Waals surface area contributed by atoms with Crippen molar-refractivity contribution in [2.24, 2.45) is 0 Å². The van der Waals surface area contributed by atoms with Crippen molar-refractivity contribution in [1.82, 2.24) is 10.1 Å². The molecular formula is C18H18N2O3. The molecule has 0 saturated heterocycles. The fourth-order valence-corrected chi connectivity index (χ4v) is 2.31. The normalized spacial score (nSPS) is 10.6. The van der Waals surface area contributed by atoms with Gasteiger partial charge in [-0.3, -0.25) is 0 Å². The quantitative estimate of drug-likeness (QED) is 0.720. The van der Waals surface area contributed by atoms with Gasteiger partial charge in [-0.1, -0.05) is 28.9 Å². The van der Waals surface area contributed by atoms with Gasteiger partial charge in [0.25, 0.3) is 5.89 Å². The van der Waals surface area contributed by atoms with Crippen molar-refractivity contribution >= 4 is 0 Å². The third-order valence-electron chi connectivity index (χ3n) is 3.58. The van der Waals surface area contributed by atoms with E-state index in [0.717, 1.165) is 11.1 Å². The van der Waals surface area contributed by atoms with Crippen molar-refractivity contribution in [3.05, 3.63) is 59.4 Å². The van der Waals surface area contributed by atoms with E-state index in [9.17, 15) is 0 Å². The molecule has 3 rings (SSSR count). The van der Waals surface area contributed by atoms with E-state index >= 15 is 0 Å². The lowest BCUT2D eigenvalue weighted by Crippen LogP contribution is -1.95. The Morgan fingerprint density at radius 2 is 1.70 bits per heavy atom. The summed E-state index contributed by atoms with van der Waals surface area (Å²) in [6.07, 6.45) is 0.565. The molecule has 0 N–H and O–H groups in total. The SMILES string of the molecule is COc1ccc(Cc2noc(-c3ccc(C)cc3)n2)cc1OC. The van der Waals surface area contributed by atoms with E-state index in [4.69, 9.17) is 14.0 Å². The average molecular weight is 310 g/mol. The summed E-state index contributed by atoms with van der Waals surface area (Å²) in [7, 11) is 3.23. The van der Waals surface area contributed by atoms with E-state index in [1.54, 1.807) is 14.2 Å². The Labute approximate surface area is 134 Å². The molecule has 2 aromatic carbocycles. The Morgan fingerprint density at radius 3 is 2.39 bits per heavy atom. The predicted molar refractivity (Wildman–Crippen MR) is 86.8 cm³/mol. The van der Waals surface area contributed by atoms with Crippen LogP contribution in [0.25, 0.3) is 11.5 Å². The maximum absolute atomic E-state index is 5.35. The molecule has 0 spiro atoms. The Kier molecular flexibility index (Phi) is 4.28. The van der Waals surface area contributed by atoms with Crippen LogP contribution in [0.15, 0.2) is 47.0 Å². The van der Waals surface area contributed by atoms with Crippen LogP contribution in [-0.4, -0.2) is 24.4 Å². The molecule has 23 heavy (non-hydrogen) atoms. The fourth-order valence-electron chi connectivity index (χ4n) is 2.31. The number of hydrogen-bond donors (Lipinski definition) is 0. The number of ether oxygens (including phenoxy) is 2. The Balaban J connectivity index is 1.80. The third kappa shape index (κ3) is 3.34. The van der Waals surface area contributed by atoms with Gasteiger partial charge in [-0.2, -0.15) is 4.98 Å². The molecule has 0 amide bonds. The number of methoxy groups -OCH3 is 2. The van der Waals surface area contributed by atoms with Crippen LogP contribution in [0.1, 0.15) is 17.0 Å². The van der Waals surface area contributed by atoms with Crippen LogP contribution in [0.3, 0.4) is 0 Å². The van der Waals surface area contributed by atoms with Gasteiger partial charge in [0.1, 0.15) is 0 Å². The summed E-state index contributed by atoms with van der Waals surface area (Å²) in [6.45, 7) is 2.04. The van der Waals surface area contributed by atoms with Crippen LogP contribution < -0.4 is 9.47 Å². The van der Waals surface area contributed by atoms with Crippen LogP contribution >= 0.6 is 0 Å². The first-order valence-electron chi connectivity index (χ1n) is 7.30. The molecule has 1 heterocycles. The minimum atomic E-state index is 0.528. The summed E-state index contributed by atoms with van der Waals surface area (Å²) in [6, 6.07) is 13.7. The number of benzene rings is 2. The van der Waals surface area contributed by atoms with Crippen molar-refractivity contribution in [3.8, 4) is 23.0 Å². The average Bonchev–Trinajstić information content (AvgIpc) is 3.04. The molecule has 1 aromatic heterocycles. The zero-order valence-electron chi connectivity index (χ0n) is 13.4. The monoisotopic (exact) mass is 310 g/mol. The van der Waals surface area contributed by atoms with Crippen molar-refractivity contribution in [2.75, 3.05) is 14.2 Å². The summed E-state index contributed by atoms with van der Waals surface area (Å²) < 4.78 is 15.9. The molecule has 0 atom stereocenters. The predicted octanol–water partition coefficient (Wildman–Crippen LogP) is 3.65. The van der Waals surface area contributed by atoms with Gasteiger partial charge < -0.3 is 14.0 Å². The van der Waals surface area contributed by atoms with E-state index in [1.165, 1.54) is 5.56 Å². The van der Waals surface area contributed by atoms with E-state index < -0.39 is 0 Å². The van der Waals surface area contributed by atoms with Gasteiger partial charge in [0, 0.05) is 12.0 Å². The smallest absolute Gasteiger partial charge is 0.257 e. The van der Waals surface area contributed by atoms with E-state index in [-0.39, 0.29) is 0 Å². The van der Waals surface area contributed by atoms with Gasteiger partial charge >= 0.3 is 0 Å². The molecule has 0 saturated carbocycles. The molecule has 5 nitrogen and oxygen atoms in total. The number of aryl methyl sites for hydroxylation is 1. The highest BCUT2D eigenvalue weighted by Crippen LogP contribution is 2.28. The molecule has 0 bridgehead atoms. The second kappa shape index (κ2) is 6.52. The summed E-state index contributed by atoms with van der Waals surface area (Å²) in [5, 5.41) is 4.05. The highest BCUT2D eigenvalue weighted by atomic mass is 16.5. The molecule has 0 aliphatic heterocycles. The lowest BCUT2D eigenvalue weighted by atomic mass is 10.1. The number of rotatable bonds is 5. The number of aromatic nitrogens is 2. The van der Waals surface area contributed by atoms with Crippen molar-refractivity contribution < 1.29 is 14.0 Å². The Bertz CT molecular complexity index is 794. The van der Waals surface area contributed by atoms with Crippen LogP contribution in [0.4, 0.5) is 0 Å². The lowest BCUT2D eigenvalue weighted by molar-refractivity contribution is 0.354. The topological polar surface area (TPSA) is 57.4 Å². The van der Waals surface area contributed by atoms with Crippen LogP contribution in [0.2, 0.25) is 0 Å². The third-order valence-corrected chi connectivity index (χ3v) is 3.58. The maximum Gasteiger partial charge on any atom is 0.257 e. The molecule has 0 radical (unpaired) electrons. The van der Waals surface area contributed by atoms with Crippen LogP contribution in [-0.2, 0) is 6.42 Å². The number of hydrogen-bond acceptors (Lipinski definition) is 5. The van der Waals surface area contributed by atoms with Crippen molar-refractivity contribution in [2.45, 2.75) is 13.3 Å². The van der Waals surface area contributed by atoms with Gasteiger partial charge in [0.05, 0.1) is 14.2 Å². The summed E-state index contributed by atoms with van der Waals surface area (Å²) in [5.41, 5.74) is 3.14. The minimum absolute atomic E-state index is 0.528. The largest absolute Gasteiger partial charge is 0.493 e. The van der Waals surface area contributed by atoms with Gasteiger partial charge in [0.2, 0.25) is 0 Å². The molecule has 5 heteroatoms.